The van der Waals surface area contributed by atoms with Crippen LogP contribution in [-0.2, 0) is 4.79 Å². The predicted molar refractivity (Wildman–Crippen MR) is 139 cm³/mol. The molecule has 172 valence electrons. The number of carbonyl (C=O) groups is 1. The lowest BCUT2D eigenvalue weighted by molar-refractivity contribution is -0.118. The van der Waals surface area contributed by atoms with E-state index < -0.39 is 0 Å². The fourth-order valence-corrected chi connectivity index (χ4v) is 4.71. The van der Waals surface area contributed by atoms with Crippen molar-refractivity contribution in [3.05, 3.63) is 66.4 Å². The Bertz CT molecular complexity index is 1680. The number of pyridine rings is 3. The van der Waals surface area contributed by atoms with E-state index in [-0.39, 0.29) is 11.8 Å². The van der Waals surface area contributed by atoms with Crippen molar-refractivity contribution in [2.45, 2.75) is 13.8 Å². The van der Waals surface area contributed by atoms with E-state index in [4.69, 9.17) is 4.98 Å². The van der Waals surface area contributed by atoms with E-state index in [1.807, 2.05) is 55.8 Å². The molecule has 0 saturated heterocycles. The van der Waals surface area contributed by atoms with Crippen molar-refractivity contribution in [3.8, 4) is 33.2 Å². The second-order valence-corrected chi connectivity index (χ2v) is 9.50. The molecule has 9 heteroatoms. The van der Waals surface area contributed by atoms with Gasteiger partial charge in [0.05, 0.1) is 39.4 Å². The number of amides is 1. The van der Waals surface area contributed by atoms with Gasteiger partial charge in [-0.3, -0.25) is 19.9 Å². The molecule has 0 radical (unpaired) electrons. The Morgan fingerprint density at radius 1 is 1.06 bits per heavy atom. The van der Waals surface area contributed by atoms with Crippen LogP contribution in [0.3, 0.4) is 0 Å². The van der Waals surface area contributed by atoms with Crippen LogP contribution >= 0.6 is 11.3 Å². The quantitative estimate of drug-likeness (QED) is 0.286. The summed E-state index contributed by atoms with van der Waals surface area (Å²) >= 11 is 1.66. The molecule has 0 bridgehead atoms. The van der Waals surface area contributed by atoms with Crippen LogP contribution < -0.4 is 5.32 Å². The highest BCUT2D eigenvalue weighted by Crippen LogP contribution is 2.34. The lowest BCUT2D eigenvalue weighted by Crippen LogP contribution is -2.17. The Labute approximate surface area is 204 Å². The molecule has 0 fully saturated rings. The fraction of sp³-hybridized carbons (Fsp3) is 0.115. The van der Waals surface area contributed by atoms with E-state index >= 15 is 0 Å². The van der Waals surface area contributed by atoms with Gasteiger partial charge in [-0.2, -0.15) is 5.10 Å². The minimum Gasteiger partial charge on any atom is -0.353 e. The highest BCUT2D eigenvalue weighted by Gasteiger charge is 2.16. The highest BCUT2D eigenvalue weighted by atomic mass is 32.1. The Morgan fingerprint density at radius 2 is 1.97 bits per heavy atom. The number of hydrogen-bond acceptors (Lipinski definition) is 6. The molecule has 3 N–H and O–H groups in total. The van der Waals surface area contributed by atoms with E-state index in [0.717, 1.165) is 55.2 Å². The van der Waals surface area contributed by atoms with Gasteiger partial charge in [-0.15, -0.1) is 11.3 Å². The Balaban J connectivity index is 1.41. The third kappa shape index (κ3) is 3.85. The molecule has 0 atom stereocenters. The van der Waals surface area contributed by atoms with E-state index in [0.29, 0.717) is 5.69 Å². The third-order valence-electron chi connectivity index (χ3n) is 5.79. The lowest BCUT2D eigenvalue weighted by atomic mass is 10.1. The number of nitrogens with one attached hydrogen (secondary N) is 3. The van der Waals surface area contributed by atoms with Crippen molar-refractivity contribution in [2.24, 2.45) is 5.92 Å². The number of nitrogens with zero attached hydrogens (tertiary/aromatic N) is 4. The SMILES string of the molecule is CC(C)C(=O)Nc1cncc(-c2ccc3[nH]nc(-c4cc5c(-c6cccs6)nccc5[nH]4)c3n2)c1. The van der Waals surface area contributed by atoms with E-state index in [1.165, 1.54) is 0 Å². The molecular weight excluding hydrogens is 458 g/mol. The van der Waals surface area contributed by atoms with Gasteiger partial charge in [0.25, 0.3) is 0 Å². The van der Waals surface area contributed by atoms with Crippen LogP contribution in [-0.4, -0.2) is 36.0 Å². The summed E-state index contributed by atoms with van der Waals surface area (Å²) in [6.07, 6.45) is 5.19. The van der Waals surface area contributed by atoms with Crippen LogP contribution in [0.4, 0.5) is 5.69 Å². The summed E-state index contributed by atoms with van der Waals surface area (Å²) in [5.41, 5.74) is 7.28. The zero-order valence-corrected chi connectivity index (χ0v) is 19.9. The smallest absolute Gasteiger partial charge is 0.226 e. The van der Waals surface area contributed by atoms with Crippen LogP contribution in [0.5, 0.6) is 0 Å². The molecule has 0 unspecified atom stereocenters. The first kappa shape index (κ1) is 21.2. The molecule has 8 nitrogen and oxygen atoms in total. The number of carbonyl (C=O) groups excluding carboxylic acids is 1. The van der Waals surface area contributed by atoms with E-state index in [9.17, 15) is 4.79 Å². The normalized spacial score (nSPS) is 11.5. The Kier molecular flexibility index (Phi) is 5.11. The number of H-pyrrole nitrogens is 2. The lowest BCUT2D eigenvalue weighted by Gasteiger charge is -2.08. The summed E-state index contributed by atoms with van der Waals surface area (Å²) in [5.74, 6) is -0.173. The monoisotopic (exact) mass is 479 g/mol. The third-order valence-corrected chi connectivity index (χ3v) is 6.67. The number of hydrogen-bond donors (Lipinski definition) is 3. The van der Waals surface area contributed by atoms with Crippen molar-refractivity contribution in [3.63, 3.8) is 0 Å². The number of rotatable bonds is 5. The maximum absolute atomic E-state index is 12.1. The fourth-order valence-electron chi connectivity index (χ4n) is 3.97. The molecule has 6 aromatic rings. The van der Waals surface area contributed by atoms with Crippen molar-refractivity contribution >= 4 is 44.9 Å². The molecule has 0 aliphatic rings. The molecule has 0 saturated carbocycles. The van der Waals surface area contributed by atoms with E-state index in [2.05, 4.69) is 42.6 Å². The maximum atomic E-state index is 12.1. The topological polar surface area (TPSA) is 112 Å². The van der Waals surface area contributed by atoms with Gasteiger partial charge in [0, 0.05) is 34.8 Å². The van der Waals surface area contributed by atoms with Gasteiger partial charge >= 0.3 is 0 Å². The van der Waals surface area contributed by atoms with Gasteiger partial charge in [-0.05, 0) is 41.8 Å². The molecule has 1 amide bonds. The first-order valence-electron chi connectivity index (χ1n) is 11.2. The zero-order valence-electron chi connectivity index (χ0n) is 19.0. The second kappa shape index (κ2) is 8.44. The van der Waals surface area contributed by atoms with Gasteiger partial charge in [0.2, 0.25) is 5.91 Å². The van der Waals surface area contributed by atoms with Crippen molar-refractivity contribution in [1.29, 1.82) is 0 Å². The standard InChI is InChI=1S/C26H21N7OS/c1-14(2)26(34)29-16-10-15(12-27-13-16)18-5-6-20-24(31-18)25(33-32-20)21-11-17-19(30-21)7-8-28-23(17)22-4-3-9-35-22/h3-14,30H,1-2H3,(H,29,34)(H,32,33). The molecule has 0 spiro atoms. The predicted octanol–water partition coefficient (Wildman–Crippen LogP) is 5.89. The van der Waals surface area contributed by atoms with Crippen LogP contribution in [0.25, 0.3) is 55.2 Å². The summed E-state index contributed by atoms with van der Waals surface area (Å²) in [4.78, 5) is 30.5. The first-order valence-corrected chi connectivity index (χ1v) is 12.1. The number of fused-ring (bicyclic) bond motifs is 2. The molecule has 6 aromatic heterocycles. The minimum absolute atomic E-state index is 0.0558. The summed E-state index contributed by atoms with van der Waals surface area (Å²) in [6.45, 7) is 3.71. The van der Waals surface area contributed by atoms with E-state index in [1.54, 1.807) is 23.7 Å². The van der Waals surface area contributed by atoms with Gasteiger partial charge < -0.3 is 10.3 Å². The second-order valence-electron chi connectivity index (χ2n) is 8.55. The molecule has 6 heterocycles. The van der Waals surface area contributed by atoms with Crippen molar-refractivity contribution in [1.82, 2.24) is 30.1 Å². The first-order chi connectivity index (χ1) is 17.1. The molecular formula is C26H21N7OS. The van der Waals surface area contributed by atoms with Gasteiger partial charge in [0.15, 0.2) is 0 Å². The average Bonchev–Trinajstić information content (AvgIpc) is 3.62. The van der Waals surface area contributed by atoms with Crippen LogP contribution in [0.2, 0.25) is 0 Å². The minimum atomic E-state index is -0.117. The summed E-state index contributed by atoms with van der Waals surface area (Å²) < 4.78 is 0. The van der Waals surface area contributed by atoms with Gasteiger partial charge in [-0.1, -0.05) is 19.9 Å². The highest BCUT2D eigenvalue weighted by molar-refractivity contribution is 7.13. The number of thiophene rings is 1. The molecule has 6 rings (SSSR count). The zero-order chi connectivity index (χ0) is 23.9. The van der Waals surface area contributed by atoms with Crippen LogP contribution in [0.15, 0.2) is 66.4 Å². The summed E-state index contributed by atoms with van der Waals surface area (Å²) in [5, 5.41) is 13.6. The van der Waals surface area contributed by atoms with Crippen LogP contribution in [0.1, 0.15) is 13.8 Å². The Morgan fingerprint density at radius 3 is 2.80 bits per heavy atom. The van der Waals surface area contributed by atoms with Crippen molar-refractivity contribution < 1.29 is 4.79 Å². The Hall–Kier alpha value is -4.37. The summed E-state index contributed by atoms with van der Waals surface area (Å²) in [7, 11) is 0. The summed E-state index contributed by atoms with van der Waals surface area (Å²) in [6, 6.07) is 13.9. The molecule has 0 aliphatic heterocycles. The number of aromatic nitrogens is 6. The molecule has 35 heavy (non-hydrogen) atoms. The van der Waals surface area contributed by atoms with Crippen molar-refractivity contribution in [2.75, 3.05) is 5.32 Å². The largest absolute Gasteiger partial charge is 0.353 e. The van der Waals surface area contributed by atoms with Gasteiger partial charge in [0.1, 0.15) is 11.2 Å². The van der Waals surface area contributed by atoms with Gasteiger partial charge in [-0.25, -0.2) is 4.98 Å². The molecule has 0 aliphatic carbocycles. The number of aromatic amines is 2. The maximum Gasteiger partial charge on any atom is 0.226 e. The van der Waals surface area contributed by atoms with Crippen LogP contribution in [0, 0.1) is 5.92 Å². The number of anilines is 1. The average molecular weight is 480 g/mol. The molecule has 0 aromatic carbocycles.